The predicted molar refractivity (Wildman–Crippen MR) is 327 cm³/mol. The zero-order chi connectivity index (χ0) is 52.0. The van der Waals surface area contributed by atoms with E-state index < -0.39 is 0 Å². The molecule has 13 rings (SSSR count). The highest BCUT2D eigenvalue weighted by Gasteiger charge is 2.20. The lowest BCUT2D eigenvalue weighted by molar-refractivity contribution is 1.18. The summed E-state index contributed by atoms with van der Waals surface area (Å²) in [5.41, 5.74) is 15.8. The zero-order valence-electron chi connectivity index (χ0n) is 42.7. The Bertz CT molecular complexity index is 3740. The van der Waals surface area contributed by atoms with E-state index in [-0.39, 0.29) is 0 Å². The summed E-state index contributed by atoms with van der Waals surface area (Å²) in [6.07, 6.45) is 3.85. The van der Waals surface area contributed by atoms with Crippen LogP contribution in [0, 0.1) is 0 Å². The van der Waals surface area contributed by atoms with Gasteiger partial charge < -0.3 is 19.6 Å². The molecule has 1 aromatic heterocycles. The topological polar surface area (TPSA) is 38.7 Å². The molecule has 1 heterocycles. The van der Waals surface area contributed by atoms with Crippen LogP contribution in [0.3, 0.4) is 0 Å². The Morgan fingerprint density at radius 1 is 0.192 bits per heavy atom. The molecule has 78 heavy (non-hydrogen) atoms. The van der Waals surface area contributed by atoms with Crippen LogP contribution in [-0.4, -0.2) is 9.97 Å². The Balaban J connectivity index is 0.793. The van der Waals surface area contributed by atoms with Gasteiger partial charge in [0.2, 0.25) is 0 Å². The first-order chi connectivity index (χ1) is 38.7. The van der Waals surface area contributed by atoms with Crippen molar-refractivity contribution in [1.29, 1.82) is 0 Å². The van der Waals surface area contributed by atoms with E-state index in [1.807, 2.05) is 12.4 Å². The van der Waals surface area contributed by atoms with Gasteiger partial charge in [0.05, 0.1) is 11.4 Å². The summed E-state index contributed by atoms with van der Waals surface area (Å²) in [7, 11) is 0. The molecule has 0 unspecified atom stereocenters. The van der Waals surface area contributed by atoms with Gasteiger partial charge >= 0.3 is 0 Å². The Morgan fingerprint density at radius 2 is 0.462 bits per heavy atom. The van der Waals surface area contributed by atoms with E-state index in [0.29, 0.717) is 5.82 Å². The van der Waals surface area contributed by atoms with Crippen LogP contribution in [0.5, 0.6) is 0 Å². The number of aromatic nitrogens is 2. The van der Waals surface area contributed by atoms with Crippen molar-refractivity contribution in [1.82, 2.24) is 9.97 Å². The van der Waals surface area contributed by atoms with E-state index >= 15 is 0 Å². The molecule has 0 aliphatic carbocycles. The van der Waals surface area contributed by atoms with Crippen LogP contribution in [0.4, 0.5) is 68.2 Å². The molecule has 12 aromatic carbocycles. The molecule has 0 bridgehead atoms. The lowest BCUT2D eigenvalue weighted by Crippen LogP contribution is -2.12. The molecule has 0 radical (unpaired) electrons. The third kappa shape index (κ3) is 9.47. The highest BCUT2D eigenvalue weighted by atomic mass is 15.2. The third-order valence-corrected chi connectivity index (χ3v) is 14.3. The molecule has 0 saturated carbocycles. The van der Waals surface area contributed by atoms with Crippen molar-refractivity contribution >= 4 is 89.8 Å². The number of hydrogen-bond acceptors (Lipinski definition) is 6. The minimum atomic E-state index is 0.661. The van der Waals surface area contributed by atoms with Crippen molar-refractivity contribution in [3.63, 3.8) is 0 Å². The van der Waals surface area contributed by atoms with E-state index in [2.05, 4.69) is 323 Å². The normalized spacial score (nSPS) is 11.1. The molecular weight excluding hydrogens is 949 g/mol. The van der Waals surface area contributed by atoms with Gasteiger partial charge in [0.1, 0.15) is 0 Å². The molecule has 0 spiro atoms. The van der Waals surface area contributed by atoms with Gasteiger partial charge in [0, 0.05) is 91.2 Å². The maximum absolute atomic E-state index is 4.94. The zero-order valence-corrected chi connectivity index (χ0v) is 42.7. The van der Waals surface area contributed by atoms with Crippen LogP contribution < -0.4 is 19.6 Å². The quantitative estimate of drug-likeness (QED) is 0.108. The smallest absolute Gasteiger partial charge is 0.159 e. The molecule has 0 aliphatic rings. The molecule has 6 nitrogen and oxygen atoms in total. The van der Waals surface area contributed by atoms with E-state index in [9.17, 15) is 0 Å². The van der Waals surface area contributed by atoms with Crippen LogP contribution >= 0.6 is 0 Å². The first-order valence-electron chi connectivity index (χ1n) is 26.3. The lowest BCUT2D eigenvalue weighted by Gasteiger charge is -2.29. The van der Waals surface area contributed by atoms with Crippen molar-refractivity contribution in [2.75, 3.05) is 19.6 Å². The van der Waals surface area contributed by atoms with E-state index in [1.165, 1.54) is 21.5 Å². The molecule has 370 valence electrons. The fraction of sp³-hybridized carbons (Fsp3) is 0. The third-order valence-electron chi connectivity index (χ3n) is 14.3. The lowest BCUT2D eigenvalue weighted by atomic mass is 10.0. The fourth-order valence-corrected chi connectivity index (χ4v) is 10.6. The SMILES string of the molecule is c1ccc(N(c2ccccc2)c2ccc(N(c3ccc(-c4cnc(-c5ccc(N(c6ccc(N(c7ccccc7)c7ccccc7)cc6)c6cccc7ccccc67)cc5)nc4)cc3)c3cccc4ccccc34)cc2)cc1. The Morgan fingerprint density at radius 3 is 0.821 bits per heavy atom. The average molecular weight is 1000 g/mol. The van der Waals surface area contributed by atoms with Crippen LogP contribution in [-0.2, 0) is 0 Å². The Labute approximate surface area is 455 Å². The summed E-state index contributed by atoms with van der Waals surface area (Å²) in [4.78, 5) is 19.1. The van der Waals surface area contributed by atoms with Crippen LogP contribution in [0.25, 0.3) is 44.1 Å². The van der Waals surface area contributed by atoms with Crippen LogP contribution in [0.1, 0.15) is 0 Å². The molecule has 0 amide bonds. The number of anilines is 12. The largest absolute Gasteiger partial charge is 0.311 e. The maximum Gasteiger partial charge on any atom is 0.159 e. The number of para-hydroxylation sites is 4. The minimum Gasteiger partial charge on any atom is -0.311 e. The molecule has 13 aromatic rings. The summed E-state index contributed by atoms with van der Waals surface area (Å²) in [5, 5.41) is 4.70. The summed E-state index contributed by atoms with van der Waals surface area (Å²) in [6, 6.07) is 107. The van der Waals surface area contributed by atoms with Gasteiger partial charge in [-0.3, -0.25) is 0 Å². The van der Waals surface area contributed by atoms with Crippen molar-refractivity contribution in [2.45, 2.75) is 0 Å². The number of hydrogen-bond donors (Lipinski definition) is 0. The highest BCUT2D eigenvalue weighted by Crippen LogP contribution is 2.44. The fourth-order valence-electron chi connectivity index (χ4n) is 10.6. The molecule has 0 saturated heterocycles. The molecule has 0 N–H and O–H groups in total. The Hall–Kier alpha value is -10.6. The van der Waals surface area contributed by atoms with Crippen molar-refractivity contribution in [3.05, 3.63) is 316 Å². The second-order valence-corrected chi connectivity index (χ2v) is 19.1. The molecule has 0 fully saturated rings. The van der Waals surface area contributed by atoms with Gasteiger partial charge in [0.15, 0.2) is 5.82 Å². The van der Waals surface area contributed by atoms with Gasteiger partial charge in [-0.15, -0.1) is 0 Å². The van der Waals surface area contributed by atoms with Gasteiger partial charge in [-0.2, -0.15) is 0 Å². The van der Waals surface area contributed by atoms with E-state index in [4.69, 9.17) is 9.97 Å². The second kappa shape index (κ2) is 21.4. The summed E-state index contributed by atoms with van der Waals surface area (Å²) in [6.45, 7) is 0. The number of rotatable bonds is 14. The Kier molecular flexibility index (Phi) is 12.9. The minimum absolute atomic E-state index is 0.661. The van der Waals surface area contributed by atoms with Gasteiger partial charge in [-0.05, 0) is 162 Å². The van der Waals surface area contributed by atoms with Crippen LogP contribution in [0.2, 0.25) is 0 Å². The summed E-state index contributed by atoms with van der Waals surface area (Å²) >= 11 is 0. The molecular formula is C72H52N6. The second-order valence-electron chi connectivity index (χ2n) is 19.1. The number of fused-ring (bicyclic) bond motifs is 2. The number of nitrogens with zero attached hydrogens (tertiary/aromatic N) is 6. The molecule has 0 atom stereocenters. The van der Waals surface area contributed by atoms with Crippen LogP contribution in [0.15, 0.2) is 316 Å². The standard InChI is InChI=1S/C72H52N6/c1-5-23-58(24-6-1)75(59-25-7-2-8-26-59)62-43-47-66(48-44-62)77(70-33-17-21-54-19-13-15-31-68(54)70)64-39-35-53(36-40-64)57-51-73-72(74-52-57)56-37-41-65(42-38-56)78(71-34-18-22-55-20-14-16-32-69(55)71)67-49-45-63(46-50-67)76(60-27-9-3-10-28-60)61-29-11-4-12-30-61/h1-52H. The molecule has 0 aliphatic heterocycles. The summed E-state index contributed by atoms with van der Waals surface area (Å²) in [5.74, 6) is 0.661. The van der Waals surface area contributed by atoms with Gasteiger partial charge in [-0.25, -0.2) is 9.97 Å². The van der Waals surface area contributed by atoms with E-state index in [1.54, 1.807) is 0 Å². The van der Waals surface area contributed by atoms with Crippen molar-refractivity contribution in [2.24, 2.45) is 0 Å². The van der Waals surface area contributed by atoms with E-state index in [0.717, 1.165) is 84.9 Å². The average Bonchev–Trinajstić information content (AvgIpc) is 3.63. The first-order valence-corrected chi connectivity index (χ1v) is 26.3. The van der Waals surface area contributed by atoms with Crippen molar-refractivity contribution in [3.8, 4) is 22.5 Å². The van der Waals surface area contributed by atoms with Gasteiger partial charge in [0.25, 0.3) is 0 Å². The van der Waals surface area contributed by atoms with Gasteiger partial charge in [-0.1, -0.05) is 158 Å². The molecule has 6 heteroatoms. The van der Waals surface area contributed by atoms with Crippen molar-refractivity contribution < 1.29 is 0 Å². The first kappa shape index (κ1) is 47.2. The predicted octanol–water partition coefficient (Wildman–Crippen LogP) is 20.0. The number of benzene rings is 12. The maximum atomic E-state index is 4.94. The summed E-state index contributed by atoms with van der Waals surface area (Å²) < 4.78 is 0. The highest BCUT2D eigenvalue weighted by molar-refractivity contribution is 6.00. The monoisotopic (exact) mass is 1000 g/mol.